The summed E-state index contributed by atoms with van der Waals surface area (Å²) >= 11 is 6.14. The van der Waals surface area contributed by atoms with Gasteiger partial charge in [0.15, 0.2) is 0 Å². The van der Waals surface area contributed by atoms with Gasteiger partial charge in [0, 0.05) is 29.0 Å². The summed E-state index contributed by atoms with van der Waals surface area (Å²) in [5.41, 5.74) is 3.05. The van der Waals surface area contributed by atoms with E-state index in [0.717, 1.165) is 16.9 Å². The first kappa shape index (κ1) is 23.6. The van der Waals surface area contributed by atoms with E-state index in [9.17, 15) is 9.18 Å². The van der Waals surface area contributed by atoms with Gasteiger partial charge >= 0.3 is 5.97 Å². The van der Waals surface area contributed by atoms with Crippen molar-refractivity contribution in [1.29, 1.82) is 0 Å². The van der Waals surface area contributed by atoms with Gasteiger partial charge in [-0.25, -0.2) is 4.39 Å². The Labute approximate surface area is 192 Å². The third kappa shape index (κ3) is 6.47. The molecule has 0 aromatic heterocycles. The quantitative estimate of drug-likeness (QED) is 0.368. The summed E-state index contributed by atoms with van der Waals surface area (Å²) in [6.07, 6.45) is 1.06. The molecule has 0 heterocycles. The minimum Gasteiger partial charge on any atom is -0.493 e. The molecule has 0 saturated heterocycles. The van der Waals surface area contributed by atoms with Crippen molar-refractivity contribution in [3.63, 3.8) is 0 Å². The maximum Gasteiger partial charge on any atom is 0.303 e. The van der Waals surface area contributed by atoms with E-state index in [1.165, 1.54) is 6.07 Å². The van der Waals surface area contributed by atoms with Gasteiger partial charge in [-0.3, -0.25) is 4.79 Å². The smallest absolute Gasteiger partial charge is 0.303 e. The van der Waals surface area contributed by atoms with Crippen molar-refractivity contribution >= 4 is 17.6 Å². The van der Waals surface area contributed by atoms with E-state index in [0.29, 0.717) is 41.3 Å². The number of carboxylic acid groups (broad SMARTS) is 1. The molecule has 1 N–H and O–H groups in total. The summed E-state index contributed by atoms with van der Waals surface area (Å²) in [6.45, 7) is 4.32. The molecule has 0 aliphatic rings. The zero-order valence-electron chi connectivity index (χ0n) is 18.1. The van der Waals surface area contributed by atoms with Crippen molar-refractivity contribution in [2.75, 3.05) is 6.61 Å². The molecule has 3 aromatic rings. The predicted molar refractivity (Wildman–Crippen MR) is 124 cm³/mol. The summed E-state index contributed by atoms with van der Waals surface area (Å²) in [5, 5.41) is 9.35. The topological polar surface area (TPSA) is 55.8 Å². The maximum atomic E-state index is 14.3. The van der Waals surface area contributed by atoms with Gasteiger partial charge in [-0.05, 0) is 67.8 Å². The number of aliphatic carboxylic acids is 1. The summed E-state index contributed by atoms with van der Waals surface area (Å²) in [4.78, 5) is 10.8. The Balaban J connectivity index is 1.59. The Morgan fingerprint density at radius 1 is 1.09 bits per heavy atom. The fraction of sp³-hybridized carbons (Fsp3) is 0.269. The Hall–Kier alpha value is -3.05. The Morgan fingerprint density at radius 2 is 1.88 bits per heavy atom. The summed E-state index contributed by atoms with van der Waals surface area (Å²) in [7, 11) is 0. The number of ether oxygens (including phenoxy) is 2. The van der Waals surface area contributed by atoms with Gasteiger partial charge in [-0.15, -0.1) is 0 Å². The van der Waals surface area contributed by atoms with E-state index >= 15 is 0 Å². The molecular formula is C26H26ClFO4. The standard InChI is InChI=1S/C26H26ClFO4/c1-17-15-21(10-7-19(17)8-12-26(29)30)31-14-13-18(2)32-25-11-9-20(27)16-23(25)22-5-3-4-6-24(22)28/h3-7,9-11,15-16,18H,8,12-14H2,1-2H3,(H,29,30). The van der Waals surface area contributed by atoms with Crippen LogP contribution in [0.3, 0.4) is 0 Å². The zero-order chi connectivity index (χ0) is 23.1. The number of aryl methyl sites for hydroxylation is 2. The molecule has 0 aliphatic carbocycles. The molecule has 0 amide bonds. The van der Waals surface area contributed by atoms with Crippen LogP contribution in [0.5, 0.6) is 11.5 Å². The molecule has 0 fully saturated rings. The first-order chi connectivity index (χ1) is 15.3. The zero-order valence-corrected chi connectivity index (χ0v) is 18.9. The van der Waals surface area contributed by atoms with Crippen molar-refractivity contribution in [1.82, 2.24) is 0 Å². The maximum absolute atomic E-state index is 14.3. The van der Waals surface area contributed by atoms with Crippen LogP contribution in [0, 0.1) is 12.7 Å². The van der Waals surface area contributed by atoms with Crippen LogP contribution < -0.4 is 9.47 Å². The van der Waals surface area contributed by atoms with Crippen molar-refractivity contribution in [2.45, 2.75) is 39.2 Å². The molecule has 4 nitrogen and oxygen atoms in total. The largest absolute Gasteiger partial charge is 0.493 e. The molecule has 168 valence electrons. The van der Waals surface area contributed by atoms with Crippen molar-refractivity contribution < 1.29 is 23.8 Å². The molecule has 3 aromatic carbocycles. The summed E-state index contributed by atoms with van der Waals surface area (Å²) in [6, 6.07) is 17.4. The van der Waals surface area contributed by atoms with Crippen LogP contribution in [0.25, 0.3) is 11.1 Å². The first-order valence-corrected chi connectivity index (χ1v) is 10.9. The van der Waals surface area contributed by atoms with E-state index < -0.39 is 5.97 Å². The Bertz CT molecular complexity index is 1080. The average molecular weight is 457 g/mol. The van der Waals surface area contributed by atoms with Crippen LogP contribution in [-0.2, 0) is 11.2 Å². The molecule has 32 heavy (non-hydrogen) atoms. The van der Waals surface area contributed by atoms with Crippen LogP contribution in [0.2, 0.25) is 5.02 Å². The molecule has 1 atom stereocenters. The van der Waals surface area contributed by atoms with E-state index in [1.54, 1.807) is 36.4 Å². The molecule has 0 bridgehead atoms. The average Bonchev–Trinajstić information content (AvgIpc) is 2.75. The van der Waals surface area contributed by atoms with Crippen LogP contribution >= 0.6 is 11.6 Å². The molecule has 0 aliphatic heterocycles. The number of carboxylic acids is 1. The lowest BCUT2D eigenvalue weighted by molar-refractivity contribution is -0.136. The highest BCUT2D eigenvalue weighted by molar-refractivity contribution is 6.31. The summed E-state index contributed by atoms with van der Waals surface area (Å²) < 4.78 is 26.3. The lowest BCUT2D eigenvalue weighted by Crippen LogP contribution is -2.16. The number of carbonyl (C=O) groups is 1. The second-order valence-corrected chi connectivity index (χ2v) is 8.10. The lowest BCUT2D eigenvalue weighted by atomic mass is 10.0. The van der Waals surface area contributed by atoms with E-state index in [-0.39, 0.29) is 18.3 Å². The minimum absolute atomic E-state index is 0.107. The van der Waals surface area contributed by atoms with Gasteiger partial charge in [0.1, 0.15) is 17.3 Å². The van der Waals surface area contributed by atoms with E-state index in [1.807, 2.05) is 32.0 Å². The second kappa shape index (κ2) is 11.0. The highest BCUT2D eigenvalue weighted by atomic mass is 35.5. The minimum atomic E-state index is -0.808. The normalized spacial score (nSPS) is 11.8. The van der Waals surface area contributed by atoms with Crippen LogP contribution in [0.15, 0.2) is 60.7 Å². The molecule has 3 rings (SSSR count). The third-order valence-corrected chi connectivity index (χ3v) is 5.38. The number of hydrogen-bond acceptors (Lipinski definition) is 3. The van der Waals surface area contributed by atoms with Crippen LogP contribution in [-0.4, -0.2) is 23.8 Å². The molecule has 0 saturated carbocycles. The highest BCUT2D eigenvalue weighted by Gasteiger charge is 2.14. The summed E-state index contributed by atoms with van der Waals surface area (Å²) in [5.74, 6) is 0.147. The van der Waals surface area contributed by atoms with Crippen molar-refractivity contribution in [2.24, 2.45) is 0 Å². The van der Waals surface area contributed by atoms with Crippen LogP contribution in [0.4, 0.5) is 4.39 Å². The fourth-order valence-corrected chi connectivity index (χ4v) is 3.57. The van der Waals surface area contributed by atoms with Crippen LogP contribution in [0.1, 0.15) is 30.9 Å². The molecule has 6 heteroatoms. The fourth-order valence-electron chi connectivity index (χ4n) is 3.39. The number of benzene rings is 3. The Morgan fingerprint density at radius 3 is 2.59 bits per heavy atom. The number of halogens is 2. The van der Waals surface area contributed by atoms with E-state index in [2.05, 4.69) is 0 Å². The van der Waals surface area contributed by atoms with Gasteiger partial charge in [0.05, 0.1) is 12.7 Å². The van der Waals surface area contributed by atoms with Crippen molar-refractivity contribution in [3.8, 4) is 22.6 Å². The second-order valence-electron chi connectivity index (χ2n) is 7.67. The van der Waals surface area contributed by atoms with Gasteiger partial charge in [0.25, 0.3) is 0 Å². The Kier molecular flexibility index (Phi) is 8.12. The van der Waals surface area contributed by atoms with Gasteiger partial charge in [-0.1, -0.05) is 35.9 Å². The first-order valence-electron chi connectivity index (χ1n) is 10.5. The predicted octanol–water partition coefficient (Wildman–Crippen LogP) is 6.71. The van der Waals surface area contributed by atoms with Crippen molar-refractivity contribution in [3.05, 3.63) is 82.6 Å². The molecule has 0 radical (unpaired) electrons. The SMILES string of the molecule is Cc1cc(OCCC(C)Oc2ccc(Cl)cc2-c2ccccc2F)ccc1CCC(=O)O. The highest BCUT2D eigenvalue weighted by Crippen LogP contribution is 2.35. The lowest BCUT2D eigenvalue weighted by Gasteiger charge is -2.19. The number of hydrogen-bond donors (Lipinski definition) is 1. The van der Waals surface area contributed by atoms with Gasteiger partial charge in [-0.2, -0.15) is 0 Å². The molecule has 0 spiro atoms. The number of rotatable bonds is 10. The monoisotopic (exact) mass is 456 g/mol. The molecular weight excluding hydrogens is 431 g/mol. The van der Waals surface area contributed by atoms with E-state index in [4.69, 9.17) is 26.2 Å². The van der Waals surface area contributed by atoms with Gasteiger partial charge < -0.3 is 14.6 Å². The molecule has 1 unspecified atom stereocenters. The third-order valence-electron chi connectivity index (χ3n) is 5.15. The van der Waals surface area contributed by atoms with Gasteiger partial charge in [0.2, 0.25) is 0 Å².